The van der Waals surface area contributed by atoms with Crippen molar-refractivity contribution < 1.29 is 33.7 Å². The fourth-order valence-electron chi connectivity index (χ4n) is 5.05. The highest BCUT2D eigenvalue weighted by Gasteiger charge is 2.48. The summed E-state index contributed by atoms with van der Waals surface area (Å²) in [6.07, 6.45) is 2.51. The highest BCUT2D eigenvalue weighted by molar-refractivity contribution is 7.17. The fourth-order valence-corrected chi connectivity index (χ4v) is 6.04. The van der Waals surface area contributed by atoms with E-state index in [-0.39, 0.29) is 34.1 Å². The largest absolute Gasteiger partial charge is 0.507 e. The number of carbonyl (C=O) groups excluding carboxylic acids is 3. The number of unbranched alkanes of at least 4 members (excludes halogenated alkanes) is 1. The van der Waals surface area contributed by atoms with Gasteiger partial charge < -0.3 is 19.3 Å². The lowest BCUT2D eigenvalue weighted by atomic mass is 9.94. The second-order valence-corrected chi connectivity index (χ2v) is 11.0. The SMILES string of the molecule is CCCCOc1cccc([C@H]2C(=C(O)c3ccc4c(c3)C[C@@H](C)O4)C(=O)C(=O)N2c2nc(C)c(C(=O)OCC)s2)c1. The zero-order valence-corrected chi connectivity index (χ0v) is 24.2. The molecule has 214 valence electrons. The third-order valence-corrected chi connectivity index (χ3v) is 8.14. The van der Waals surface area contributed by atoms with Gasteiger partial charge in [-0.3, -0.25) is 14.5 Å². The van der Waals surface area contributed by atoms with Crippen LogP contribution in [-0.2, 0) is 20.7 Å². The first-order chi connectivity index (χ1) is 19.7. The summed E-state index contributed by atoms with van der Waals surface area (Å²) < 4.78 is 16.9. The van der Waals surface area contributed by atoms with Crippen LogP contribution in [0.5, 0.6) is 11.5 Å². The van der Waals surface area contributed by atoms with Gasteiger partial charge in [0.05, 0.1) is 30.5 Å². The summed E-state index contributed by atoms with van der Waals surface area (Å²) >= 11 is 0.971. The summed E-state index contributed by atoms with van der Waals surface area (Å²) in [5.41, 5.74) is 2.19. The van der Waals surface area contributed by atoms with Gasteiger partial charge in [0.15, 0.2) is 5.13 Å². The minimum absolute atomic E-state index is 0.00478. The second kappa shape index (κ2) is 11.7. The van der Waals surface area contributed by atoms with Crippen molar-refractivity contribution in [3.8, 4) is 11.5 Å². The smallest absolute Gasteiger partial charge is 0.350 e. The Bertz CT molecular complexity index is 1540. The number of rotatable bonds is 9. The Hall–Kier alpha value is -4.18. The van der Waals surface area contributed by atoms with Crippen molar-refractivity contribution in [2.45, 2.75) is 59.1 Å². The number of fused-ring (bicyclic) bond motifs is 1. The number of aliphatic hydroxyl groups is 1. The van der Waals surface area contributed by atoms with E-state index in [0.717, 1.165) is 35.5 Å². The molecular formula is C31H32N2O7S. The van der Waals surface area contributed by atoms with E-state index in [1.807, 2.05) is 6.92 Å². The lowest BCUT2D eigenvalue weighted by Gasteiger charge is -2.23. The highest BCUT2D eigenvalue weighted by Crippen LogP contribution is 2.45. The van der Waals surface area contributed by atoms with Crippen molar-refractivity contribution >= 4 is 39.9 Å². The van der Waals surface area contributed by atoms with Gasteiger partial charge in [-0.2, -0.15) is 0 Å². The molecule has 1 N–H and O–H groups in total. The number of thiazole rings is 1. The molecule has 1 amide bonds. The quantitative estimate of drug-likeness (QED) is 0.112. The second-order valence-electron chi connectivity index (χ2n) is 10.0. The molecule has 0 bridgehead atoms. The molecule has 2 aliphatic heterocycles. The van der Waals surface area contributed by atoms with Crippen LogP contribution in [0.4, 0.5) is 5.13 Å². The van der Waals surface area contributed by atoms with Crippen LogP contribution in [0.3, 0.4) is 0 Å². The Morgan fingerprint density at radius 1 is 1.20 bits per heavy atom. The molecule has 0 radical (unpaired) electrons. The van der Waals surface area contributed by atoms with Gasteiger partial charge >= 0.3 is 11.9 Å². The van der Waals surface area contributed by atoms with Crippen LogP contribution in [0, 0.1) is 6.92 Å². The molecule has 10 heteroatoms. The van der Waals surface area contributed by atoms with E-state index in [1.165, 1.54) is 4.90 Å². The number of aromatic nitrogens is 1. The van der Waals surface area contributed by atoms with Crippen LogP contribution in [0.25, 0.3) is 5.76 Å². The molecule has 41 heavy (non-hydrogen) atoms. The van der Waals surface area contributed by atoms with Gasteiger partial charge in [-0.05, 0) is 68.7 Å². The molecule has 9 nitrogen and oxygen atoms in total. The molecule has 0 saturated carbocycles. The van der Waals surface area contributed by atoms with Gasteiger partial charge in [-0.1, -0.05) is 36.8 Å². The summed E-state index contributed by atoms with van der Waals surface area (Å²) in [6.45, 7) is 8.08. The van der Waals surface area contributed by atoms with Crippen LogP contribution in [0.1, 0.15) is 71.7 Å². The predicted molar refractivity (Wildman–Crippen MR) is 155 cm³/mol. The summed E-state index contributed by atoms with van der Waals surface area (Å²) in [5, 5.41) is 11.7. The average Bonchev–Trinajstić information content (AvgIpc) is 3.60. The number of benzene rings is 2. The first kappa shape index (κ1) is 28.4. The van der Waals surface area contributed by atoms with Gasteiger partial charge in [0.2, 0.25) is 0 Å². The van der Waals surface area contributed by atoms with Crippen molar-refractivity contribution in [3.05, 3.63) is 75.3 Å². The Kier molecular flexibility index (Phi) is 8.12. The standard InChI is InChI=1S/C31H32N2O7S/c1-5-7-13-39-22-10-8-9-19(16-22)25-24(26(34)20-11-12-23-21(15-20)14-17(3)40-23)27(35)29(36)33(25)31-32-18(4)28(41-31)30(37)38-6-2/h8-12,15-17,25,34H,5-7,13-14H2,1-4H3/t17-,25+/m1/s1. The molecule has 3 aromatic rings. The lowest BCUT2D eigenvalue weighted by Crippen LogP contribution is -2.29. The predicted octanol–water partition coefficient (Wildman–Crippen LogP) is 5.76. The van der Waals surface area contributed by atoms with E-state index < -0.39 is 23.7 Å². The Balaban J connectivity index is 1.64. The molecule has 2 aliphatic rings. The molecule has 2 aromatic carbocycles. The number of carbonyl (C=O) groups is 3. The number of aryl methyl sites for hydroxylation is 1. The highest BCUT2D eigenvalue weighted by atomic mass is 32.1. The monoisotopic (exact) mass is 576 g/mol. The fraction of sp³-hybridized carbons (Fsp3) is 0.355. The van der Waals surface area contributed by atoms with E-state index >= 15 is 0 Å². The number of ketones is 1. The number of anilines is 1. The van der Waals surface area contributed by atoms with Crippen LogP contribution < -0.4 is 14.4 Å². The average molecular weight is 577 g/mol. The van der Waals surface area contributed by atoms with Gasteiger partial charge in [-0.25, -0.2) is 9.78 Å². The third kappa shape index (κ3) is 5.44. The number of esters is 1. The van der Waals surface area contributed by atoms with Crippen LogP contribution >= 0.6 is 11.3 Å². The minimum atomic E-state index is -1.01. The first-order valence-electron chi connectivity index (χ1n) is 13.7. The maximum absolute atomic E-state index is 13.6. The summed E-state index contributed by atoms with van der Waals surface area (Å²) in [4.78, 5) is 45.7. The summed E-state index contributed by atoms with van der Waals surface area (Å²) in [6, 6.07) is 11.3. The normalized spacial score (nSPS) is 19.3. The van der Waals surface area contributed by atoms with Crippen molar-refractivity contribution in [2.24, 2.45) is 0 Å². The molecule has 0 spiro atoms. The molecule has 2 atom stereocenters. The third-order valence-electron chi connectivity index (χ3n) is 7.01. The Morgan fingerprint density at radius 3 is 2.76 bits per heavy atom. The maximum Gasteiger partial charge on any atom is 0.350 e. The number of ether oxygens (including phenoxy) is 3. The number of Topliss-reactive ketones (excluding diaryl/α,β-unsaturated/α-hetero) is 1. The zero-order chi connectivity index (χ0) is 29.3. The van der Waals surface area contributed by atoms with Crippen molar-refractivity contribution in [1.29, 1.82) is 0 Å². The Labute approximate surface area is 242 Å². The van der Waals surface area contributed by atoms with Crippen molar-refractivity contribution in [1.82, 2.24) is 4.98 Å². The van der Waals surface area contributed by atoms with Crippen LogP contribution in [-0.4, -0.2) is 47.1 Å². The molecule has 1 fully saturated rings. The zero-order valence-electron chi connectivity index (χ0n) is 23.4. The van der Waals surface area contributed by atoms with Crippen molar-refractivity contribution in [3.63, 3.8) is 0 Å². The number of hydrogen-bond acceptors (Lipinski definition) is 9. The van der Waals surface area contributed by atoms with Gasteiger partial charge in [0.25, 0.3) is 5.78 Å². The van der Waals surface area contributed by atoms with E-state index in [2.05, 4.69) is 11.9 Å². The van der Waals surface area contributed by atoms with Crippen LogP contribution in [0.15, 0.2) is 48.0 Å². The van der Waals surface area contributed by atoms with E-state index in [9.17, 15) is 19.5 Å². The Morgan fingerprint density at radius 2 is 2.00 bits per heavy atom. The van der Waals surface area contributed by atoms with Gasteiger partial charge in [-0.15, -0.1) is 0 Å². The van der Waals surface area contributed by atoms with Crippen molar-refractivity contribution in [2.75, 3.05) is 18.1 Å². The molecule has 5 rings (SSSR count). The van der Waals surface area contributed by atoms with Crippen LogP contribution in [0.2, 0.25) is 0 Å². The minimum Gasteiger partial charge on any atom is -0.507 e. The molecule has 1 aromatic heterocycles. The number of amides is 1. The topological polar surface area (TPSA) is 115 Å². The molecule has 0 unspecified atom stereocenters. The van der Waals surface area contributed by atoms with Gasteiger partial charge in [0, 0.05) is 12.0 Å². The number of hydrogen-bond donors (Lipinski definition) is 1. The molecule has 3 heterocycles. The lowest BCUT2D eigenvalue weighted by molar-refractivity contribution is -0.132. The summed E-state index contributed by atoms with van der Waals surface area (Å²) in [7, 11) is 0. The first-order valence-corrected chi connectivity index (χ1v) is 14.5. The molecular weight excluding hydrogens is 544 g/mol. The maximum atomic E-state index is 13.6. The van der Waals surface area contributed by atoms with E-state index in [4.69, 9.17) is 14.2 Å². The number of nitrogens with zero attached hydrogens (tertiary/aromatic N) is 2. The van der Waals surface area contributed by atoms with E-state index in [1.54, 1.807) is 56.3 Å². The number of aliphatic hydroxyl groups excluding tert-OH is 1. The summed E-state index contributed by atoms with van der Waals surface area (Å²) in [5.74, 6) is -1.24. The van der Waals surface area contributed by atoms with E-state index in [0.29, 0.717) is 35.6 Å². The molecule has 0 aliphatic carbocycles. The molecule has 1 saturated heterocycles. The van der Waals surface area contributed by atoms with Gasteiger partial charge in [0.1, 0.15) is 28.2 Å².